The molecule has 0 unspecified atom stereocenters. The van der Waals surface area contributed by atoms with E-state index in [4.69, 9.17) is 19.6 Å². The molecule has 1 aromatic carbocycles. The highest BCUT2D eigenvalue weighted by atomic mass is 17.2. The molecule has 0 bridgehead atoms. The Balaban J connectivity index is 3.07. The summed E-state index contributed by atoms with van der Waals surface area (Å²) in [6.45, 7) is 4.39. The number of rotatable bonds is 12. The molecular formula is C16H22O8. The third-order valence-electron chi connectivity index (χ3n) is 3.02. The fourth-order valence-electron chi connectivity index (χ4n) is 1.70. The first-order valence-electron chi connectivity index (χ1n) is 7.75. The minimum atomic E-state index is -1.42. The number of carboxylic acid groups (broad SMARTS) is 2. The van der Waals surface area contributed by atoms with Crippen LogP contribution in [0.15, 0.2) is 12.1 Å². The molecule has 0 saturated heterocycles. The lowest BCUT2D eigenvalue weighted by Gasteiger charge is -2.13. The van der Waals surface area contributed by atoms with Gasteiger partial charge >= 0.3 is 11.9 Å². The Hall–Kier alpha value is -2.32. The van der Waals surface area contributed by atoms with Gasteiger partial charge in [-0.15, -0.1) is 0 Å². The van der Waals surface area contributed by atoms with Gasteiger partial charge in [-0.25, -0.2) is 9.59 Å². The molecule has 24 heavy (non-hydrogen) atoms. The lowest BCUT2D eigenvalue weighted by atomic mass is 10.1. The van der Waals surface area contributed by atoms with Crippen LogP contribution in [0.2, 0.25) is 0 Å². The molecule has 0 aliphatic heterocycles. The van der Waals surface area contributed by atoms with Gasteiger partial charge in [-0.3, -0.25) is 0 Å². The molecular weight excluding hydrogens is 320 g/mol. The first-order valence-corrected chi connectivity index (χ1v) is 7.75. The second-order valence-corrected chi connectivity index (χ2v) is 4.94. The Morgan fingerprint density at radius 2 is 1.50 bits per heavy atom. The molecule has 2 N–H and O–H groups in total. The Morgan fingerprint density at radius 3 is 2.00 bits per heavy atom. The van der Waals surface area contributed by atoms with Crippen LogP contribution < -0.4 is 9.78 Å². The zero-order valence-electron chi connectivity index (χ0n) is 13.7. The summed E-state index contributed by atoms with van der Waals surface area (Å²) in [7, 11) is 0. The van der Waals surface area contributed by atoms with E-state index in [1.807, 2.05) is 13.8 Å². The fraction of sp³-hybridized carbons (Fsp3) is 0.500. The second kappa shape index (κ2) is 10.5. The van der Waals surface area contributed by atoms with E-state index < -0.39 is 23.3 Å². The number of carboxylic acids is 2. The number of hydrogen-bond donors (Lipinski definition) is 2. The fourth-order valence-corrected chi connectivity index (χ4v) is 1.70. The molecule has 1 aromatic rings. The topological polar surface area (TPSA) is 112 Å². The smallest absolute Gasteiger partial charge is 0.343 e. The molecule has 0 fully saturated rings. The third-order valence-corrected chi connectivity index (χ3v) is 3.02. The van der Waals surface area contributed by atoms with Crippen LogP contribution in [0.5, 0.6) is 11.5 Å². The van der Waals surface area contributed by atoms with Crippen LogP contribution in [-0.4, -0.2) is 35.4 Å². The van der Waals surface area contributed by atoms with Crippen LogP contribution in [0, 0.1) is 0 Å². The van der Waals surface area contributed by atoms with Crippen molar-refractivity contribution in [3.05, 3.63) is 23.3 Å². The van der Waals surface area contributed by atoms with E-state index in [2.05, 4.69) is 0 Å². The largest absolute Gasteiger partial charge is 0.478 e. The van der Waals surface area contributed by atoms with Crippen LogP contribution in [0.3, 0.4) is 0 Å². The maximum Gasteiger partial charge on any atom is 0.343 e. The summed E-state index contributed by atoms with van der Waals surface area (Å²) in [6.07, 6.45) is 3.14. The molecule has 134 valence electrons. The molecule has 8 heteroatoms. The van der Waals surface area contributed by atoms with Crippen molar-refractivity contribution in [2.45, 2.75) is 39.5 Å². The van der Waals surface area contributed by atoms with Crippen LogP contribution in [0.1, 0.15) is 60.2 Å². The van der Waals surface area contributed by atoms with E-state index >= 15 is 0 Å². The van der Waals surface area contributed by atoms with Gasteiger partial charge in [0.25, 0.3) is 0 Å². The van der Waals surface area contributed by atoms with Crippen molar-refractivity contribution in [1.82, 2.24) is 0 Å². The van der Waals surface area contributed by atoms with Crippen molar-refractivity contribution in [1.29, 1.82) is 0 Å². The molecule has 0 spiro atoms. The Bertz CT molecular complexity index is 555. The highest BCUT2D eigenvalue weighted by Crippen LogP contribution is 2.33. The normalized spacial score (nSPS) is 10.4. The van der Waals surface area contributed by atoms with Crippen LogP contribution >= 0.6 is 0 Å². The monoisotopic (exact) mass is 342 g/mol. The Kier molecular flexibility index (Phi) is 8.59. The minimum Gasteiger partial charge on any atom is -0.478 e. The van der Waals surface area contributed by atoms with Crippen LogP contribution in [0.25, 0.3) is 0 Å². The molecule has 8 nitrogen and oxygen atoms in total. The summed E-state index contributed by atoms with van der Waals surface area (Å²) in [5.74, 6) is -3.34. The van der Waals surface area contributed by atoms with Crippen molar-refractivity contribution in [2.24, 2.45) is 0 Å². The van der Waals surface area contributed by atoms with Gasteiger partial charge in [-0.05, 0) is 25.0 Å². The van der Waals surface area contributed by atoms with E-state index in [0.29, 0.717) is 6.42 Å². The number of hydrogen-bond acceptors (Lipinski definition) is 6. The average molecular weight is 342 g/mol. The van der Waals surface area contributed by atoms with Crippen molar-refractivity contribution >= 4 is 11.9 Å². The summed E-state index contributed by atoms with van der Waals surface area (Å²) >= 11 is 0. The summed E-state index contributed by atoms with van der Waals surface area (Å²) in [5, 5.41) is 18.6. The average Bonchev–Trinajstić information content (AvgIpc) is 2.54. The van der Waals surface area contributed by atoms with Gasteiger partial charge in [0, 0.05) is 0 Å². The number of aromatic carboxylic acids is 2. The van der Waals surface area contributed by atoms with Gasteiger partial charge in [0.2, 0.25) is 0 Å². The predicted molar refractivity (Wildman–Crippen MR) is 83.3 cm³/mol. The Morgan fingerprint density at radius 1 is 0.917 bits per heavy atom. The van der Waals surface area contributed by atoms with Gasteiger partial charge < -0.3 is 20.0 Å². The third kappa shape index (κ3) is 5.71. The zero-order chi connectivity index (χ0) is 17.9. The van der Waals surface area contributed by atoms with Gasteiger partial charge in [-0.2, -0.15) is 9.78 Å². The lowest BCUT2D eigenvalue weighted by Crippen LogP contribution is -2.13. The first-order chi connectivity index (χ1) is 11.5. The predicted octanol–water partition coefficient (Wildman–Crippen LogP) is 3.30. The van der Waals surface area contributed by atoms with Gasteiger partial charge in [-0.1, -0.05) is 26.7 Å². The SMILES string of the molecule is CCCCOOc1ccc(C(=O)O)c(OOCCCC)c1C(=O)O. The quantitative estimate of drug-likeness (QED) is 0.338. The molecule has 0 heterocycles. The van der Waals surface area contributed by atoms with Crippen LogP contribution in [0.4, 0.5) is 0 Å². The number of benzene rings is 1. The van der Waals surface area contributed by atoms with Gasteiger partial charge in [0.05, 0.1) is 13.2 Å². The van der Waals surface area contributed by atoms with E-state index in [-0.39, 0.29) is 24.5 Å². The standard InChI is InChI=1S/C16H22O8/c1-3-5-9-21-23-12-8-7-11(15(17)18)14(13(12)16(19)20)24-22-10-6-4-2/h7-8H,3-6,9-10H2,1-2H3,(H,17,18)(H,19,20). The van der Waals surface area contributed by atoms with Crippen molar-refractivity contribution in [2.75, 3.05) is 13.2 Å². The van der Waals surface area contributed by atoms with Gasteiger partial charge in [0.15, 0.2) is 17.1 Å². The molecule has 0 aromatic heterocycles. The molecule has 0 amide bonds. The van der Waals surface area contributed by atoms with E-state index in [0.717, 1.165) is 19.3 Å². The second-order valence-electron chi connectivity index (χ2n) is 4.94. The Labute approximate surface area is 139 Å². The van der Waals surface area contributed by atoms with E-state index in [1.54, 1.807) is 0 Å². The van der Waals surface area contributed by atoms with Gasteiger partial charge in [0.1, 0.15) is 5.56 Å². The van der Waals surface area contributed by atoms with Crippen molar-refractivity contribution < 1.29 is 39.4 Å². The molecule has 0 aliphatic carbocycles. The summed E-state index contributed by atoms with van der Waals surface area (Å²) in [4.78, 5) is 42.6. The summed E-state index contributed by atoms with van der Waals surface area (Å²) in [6, 6.07) is 2.38. The first kappa shape index (κ1) is 19.7. The molecule has 0 atom stereocenters. The van der Waals surface area contributed by atoms with Crippen LogP contribution in [-0.2, 0) is 9.78 Å². The maximum absolute atomic E-state index is 11.5. The molecule has 1 rings (SSSR count). The zero-order valence-corrected chi connectivity index (χ0v) is 13.7. The van der Waals surface area contributed by atoms with Crippen molar-refractivity contribution in [3.8, 4) is 11.5 Å². The number of unbranched alkanes of at least 4 members (excludes halogenated alkanes) is 2. The highest BCUT2D eigenvalue weighted by molar-refractivity contribution is 6.00. The highest BCUT2D eigenvalue weighted by Gasteiger charge is 2.27. The lowest BCUT2D eigenvalue weighted by molar-refractivity contribution is -0.213. The summed E-state index contributed by atoms with van der Waals surface area (Å²) in [5.41, 5.74) is -0.812. The number of carbonyl (C=O) groups is 2. The minimum absolute atomic E-state index is 0.155. The van der Waals surface area contributed by atoms with E-state index in [9.17, 15) is 19.8 Å². The van der Waals surface area contributed by atoms with E-state index in [1.165, 1.54) is 12.1 Å². The molecule has 0 aliphatic rings. The summed E-state index contributed by atoms with van der Waals surface area (Å²) < 4.78 is 0. The van der Waals surface area contributed by atoms with Crippen molar-refractivity contribution in [3.63, 3.8) is 0 Å². The molecule has 0 radical (unpaired) electrons. The maximum atomic E-state index is 11.5. The molecule has 0 saturated carbocycles.